The molecule has 2 amide bonds. The second-order valence-corrected chi connectivity index (χ2v) is 10.9. The highest BCUT2D eigenvalue weighted by Crippen LogP contribution is 2.32. The van der Waals surface area contributed by atoms with Crippen LogP contribution in [0.1, 0.15) is 36.8 Å². The number of hydrazone groups is 1. The van der Waals surface area contributed by atoms with Crippen LogP contribution in [0.15, 0.2) is 71.8 Å². The molecule has 1 aliphatic carbocycles. The lowest BCUT2D eigenvalue weighted by Gasteiger charge is -2.28. The molecule has 12 nitrogen and oxygen atoms in total. The maximum absolute atomic E-state index is 13.6. The summed E-state index contributed by atoms with van der Waals surface area (Å²) < 4.78 is 0. The molecule has 1 fully saturated rings. The number of rotatable bonds is 10. The van der Waals surface area contributed by atoms with E-state index in [2.05, 4.69) is 31.5 Å². The molecule has 1 aliphatic rings. The largest absolute Gasteiger partial charge is 0.382 e. The van der Waals surface area contributed by atoms with Crippen LogP contribution in [-0.4, -0.2) is 40.4 Å². The molecule has 0 radical (unpaired) electrons. The zero-order chi connectivity index (χ0) is 30.3. The van der Waals surface area contributed by atoms with Gasteiger partial charge in [-0.05, 0) is 85.2 Å². The lowest BCUT2D eigenvalue weighted by atomic mass is 9.81. The van der Waals surface area contributed by atoms with Gasteiger partial charge in [0.25, 0.3) is 0 Å². The smallest absolute Gasteiger partial charge is 0.247 e. The van der Waals surface area contributed by atoms with Gasteiger partial charge in [0.15, 0.2) is 11.7 Å². The minimum absolute atomic E-state index is 0.108. The molecule has 0 aliphatic heterocycles. The summed E-state index contributed by atoms with van der Waals surface area (Å²) in [6.07, 6.45) is 3.68. The highest BCUT2D eigenvalue weighted by Gasteiger charge is 2.29. The molecular formula is C31H38N10O2. The standard InChI is InChI=1S/C31H38N10O2/c32-17-19-6-10-22(11-7-19)30(42)37-26(31(43)36-23-14-12-21(13-15-23)28(33)40-41-35)16-18-4-8-20(9-5-18)24-2-1-3-25-27(24)29(34)39-38-25/h1-5,8-9,12-15,19,22,26,41H,6-7,10-11,16-17,32,35H2,(H2,33,40)(H,36,43)(H,37,42)(H3,34,38,39)/t19?,22?,26-/m0/s1. The van der Waals surface area contributed by atoms with Crippen LogP contribution in [0.25, 0.3) is 22.0 Å². The summed E-state index contributed by atoms with van der Waals surface area (Å²) in [5.74, 6) is 5.74. The summed E-state index contributed by atoms with van der Waals surface area (Å²) in [5, 5.41) is 17.7. The van der Waals surface area contributed by atoms with Gasteiger partial charge in [-0.1, -0.05) is 36.4 Å². The predicted molar refractivity (Wildman–Crippen MR) is 169 cm³/mol. The Hall–Kier alpha value is -4.94. The van der Waals surface area contributed by atoms with Crippen LogP contribution < -0.4 is 39.2 Å². The molecular weight excluding hydrogens is 544 g/mol. The molecule has 1 atom stereocenters. The Morgan fingerprint density at radius 1 is 1.00 bits per heavy atom. The molecule has 0 unspecified atom stereocenters. The van der Waals surface area contributed by atoms with Crippen LogP contribution in [0.2, 0.25) is 0 Å². The minimum atomic E-state index is -0.786. The third-order valence-electron chi connectivity index (χ3n) is 8.14. The number of carbonyl (C=O) groups excluding carboxylic acids is 2. The molecule has 0 saturated heterocycles. The number of aromatic amines is 1. The summed E-state index contributed by atoms with van der Waals surface area (Å²) >= 11 is 0. The maximum Gasteiger partial charge on any atom is 0.247 e. The monoisotopic (exact) mass is 582 g/mol. The molecule has 3 aromatic carbocycles. The molecule has 1 heterocycles. The van der Waals surface area contributed by atoms with Gasteiger partial charge in [0, 0.05) is 23.6 Å². The SMILES string of the molecule is NCC1CCC(C(=O)N[C@@H](Cc2ccc(-c3cccc4[nH]nc(N)c34)cc2)C(=O)Nc2ccc(/C(N)=N/NN)cc2)CC1. The minimum Gasteiger partial charge on any atom is -0.382 e. The van der Waals surface area contributed by atoms with Crippen LogP contribution in [0, 0.1) is 11.8 Å². The van der Waals surface area contributed by atoms with Crippen molar-refractivity contribution in [3.8, 4) is 11.1 Å². The van der Waals surface area contributed by atoms with Crippen molar-refractivity contribution in [2.45, 2.75) is 38.1 Å². The third-order valence-corrected chi connectivity index (χ3v) is 8.14. The van der Waals surface area contributed by atoms with Gasteiger partial charge in [-0.15, -0.1) is 5.10 Å². The van der Waals surface area contributed by atoms with E-state index in [9.17, 15) is 9.59 Å². The fourth-order valence-corrected chi connectivity index (χ4v) is 5.64. The number of benzene rings is 3. The van der Waals surface area contributed by atoms with Crippen LogP contribution in [0.3, 0.4) is 0 Å². The van der Waals surface area contributed by atoms with Gasteiger partial charge in [0.2, 0.25) is 11.8 Å². The molecule has 0 spiro atoms. The van der Waals surface area contributed by atoms with E-state index < -0.39 is 6.04 Å². The first-order valence-electron chi connectivity index (χ1n) is 14.4. The average molecular weight is 583 g/mol. The van der Waals surface area contributed by atoms with Gasteiger partial charge in [0.05, 0.1) is 10.9 Å². The van der Waals surface area contributed by atoms with E-state index >= 15 is 0 Å². The number of nitrogens with two attached hydrogens (primary N) is 4. The number of hydrogen-bond donors (Lipinski definition) is 8. The Morgan fingerprint density at radius 2 is 1.72 bits per heavy atom. The normalized spacial score (nSPS) is 17.8. The molecule has 4 aromatic rings. The summed E-state index contributed by atoms with van der Waals surface area (Å²) in [4.78, 5) is 26.9. The average Bonchev–Trinajstić information content (AvgIpc) is 3.42. The van der Waals surface area contributed by atoms with Gasteiger partial charge >= 0.3 is 0 Å². The van der Waals surface area contributed by atoms with Gasteiger partial charge in [-0.25, -0.2) is 11.4 Å². The summed E-state index contributed by atoms with van der Waals surface area (Å²) in [5.41, 5.74) is 24.9. The second kappa shape index (κ2) is 13.4. The number of amides is 2. The fourth-order valence-electron chi connectivity index (χ4n) is 5.64. The molecule has 5 rings (SSSR count). The first kappa shape index (κ1) is 29.5. The Morgan fingerprint density at radius 3 is 2.40 bits per heavy atom. The van der Waals surface area contributed by atoms with E-state index in [0.717, 1.165) is 53.3 Å². The number of nitrogens with zero attached hydrogens (tertiary/aromatic N) is 2. The van der Waals surface area contributed by atoms with Crippen LogP contribution >= 0.6 is 0 Å². The Kier molecular flexibility index (Phi) is 9.18. The van der Waals surface area contributed by atoms with Gasteiger partial charge in [-0.3, -0.25) is 14.7 Å². The van der Waals surface area contributed by atoms with E-state index in [-0.39, 0.29) is 23.6 Å². The van der Waals surface area contributed by atoms with Crippen molar-refractivity contribution in [3.05, 3.63) is 77.9 Å². The zero-order valence-electron chi connectivity index (χ0n) is 23.8. The van der Waals surface area contributed by atoms with Crippen molar-refractivity contribution in [2.24, 2.45) is 34.2 Å². The first-order valence-corrected chi connectivity index (χ1v) is 14.4. The molecule has 12 heteroatoms. The fraction of sp³-hybridized carbons (Fsp3) is 0.290. The Bertz CT molecular complexity index is 1590. The number of anilines is 2. The highest BCUT2D eigenvalue weighted by molar-refractivity contribution is 6.02. The summed E-state index contributed by atoms with van der Waals surface area (Å²) in [6, 6.07) is 19.9. The quantitative estimate of drug-likeness (QED) is 0.0599. The first-order chi connectivity index (χ1) is 20.9. The zero-order valence-corrected chi connectivity index (χ0v) is 23.8. The van der Waals surface area contributed by atoms with E-state index in [0.29, 0.717) is 36.0 Å². The molecule has 1 aromatic heterocycles. The number of hydrogen-bond acceptors (Lipinski definition) is 8. The number of nitrogens with one attached hydrogen (secondary N) is 4. The predicted octanol–water partition coefficient (Wildman–Crippen LogP) is 2.33. The number of carbonyl (C=O) groups is 2. The number of hydrazine groups is 1. The highest BCUT2D eigenvalue weighted by atomic mass is 16.2. The topological polar surface area (TPSA) is 215 Å². The van der Waals surface area contributed by atoms with Crippen molar-refractivity contribution < 1.29 is 9.59 Å². The van der Waals surface area contributed by atoms with Gasteiger partial charge in [0.1, 0.15) is 6.04 Å². The lowest BCUT2D eigenvalue weighted by Crippen LogP contribution is -2.48. The number of H-pyrrole nitrogens is 1. The Labute approximate surface area is 249 Å². The maximum atomic E-state index is 13.6. The van der Waals surface area contributed by atoms with Gasteiger partial charge < -0.3 is 27.8 Å². The second-order valence-electron chi connectivity index (χ2n) is 10.9. The van der Waals surface area contributed by atoms with Crippen molar-refractivity contribution in [2.75, 3.05) is 17.6 Å². The van der Waals surface area contributed by atoms with Crippen LogP contribution in [0.5, 0.6) is 0 Å². The number of fused-ring (bicyclic) bond motifs is 1. The van der Waals surface area contributed by atoms with Crippen molar-refractivity contribution >= 4 is 40.1 Å². The van der Waals surface area contributed by atoms with Crippen LogP contribution in [-0.2, 0) is 16.0 Å². The number of aromatic nitrogens is 2. The Balaban J connectivity index is 1.34. The molecule has 1 saturated carbocycles. The van der Waals surface area contributed by atoms with Crippen molar-refractivity contribution in [3.63, 3.8) is 0 Å². The van der Waals surface area contributed by atoms with Crippen molar-refractivity contribution in [1.29, 1.82) is 0 Å². The number of nitrogen functional groups attached to an aromatic ring is 1. The van der Waals surface area contributed by atoms with E-state index in [1.807, 2.05) is 42.5 Å². The van der Waals surface area contributed by atoms with E-state index in [1.54, 1.807) is 24.3 Å². The molecule has 12 N–H and O–H groups in total. The van der Waals surface area contributed by atoms with Crippen molar-refractivity contribution in [1.82, 2.24) is 21.0 Å². The van der Waals surface area contributed by atoms with Crippen LogP contribution in [0.4, 0.5) is 11.5 Å². The van der Waals surface area contributed by atoms with Gasteiger partial charge in [-0.2, -0.15) is 5.10 Å². The third kappa shape index (κ3) is 6.93. The number of amidine groups is 1. The summed E-state index contributed by atoms with van der Waals surface area (Å²) in [7, 11) is 0. The molecule has 43 heavy (non-hydrogen) atoms. The molecule has 0 bridgehead atoms. The van der Waals surface area contributed by atoms with E-state index in [1.165, 1.54) is 0 Å². The summed E-state index contributed by atoms with van der Waals surface area (Å²) in [6.45, 7) is 0.635. The lowest BCUT2D eigenvalue weighted by molar-refractivity contribution is -0.130. The molecule has 224 valence electrons. The van der Waals surface area contributed by atoms with E-state index in [4.69, 9.17) is 23.0 Å².